The molecule has 1 aliphatic rings. The third-order valence-corrected chi connectivity index (χ3v) is 9.98. The van der Waals surface area contributed by atoms with E-state index >= 15 is 0 Å². The normalized spacial score (nSPS) is 17.6. The smallest absolute Gasteiger partial charge is 0.408 e. The standard InChI is InChI=1S/C43H67N5O10/c1-12-28(7)34(38(52)56-11)46-35(49)31(13-2)45-39(53)43(30-22-18-15-19-23-30,40(54)58-42(8,9)10)48-36(50)32(24-26(3)4)44-37(51)33(27(5)6)47-41(55)57-25-29-20-16-14-17-21-29/h14,16-18,20-22,26-28,30-34H,12-13,15,19,23-25H2,1-11H3,(H,44,51)(H,45,53)(H,46,49)(H,47,55)(H,48,50)/t28-,30?,31-,32-,33-,34-,43?/m0/s1. The zero-order chi connectivity index (χ0) is 43.8. The molecule has 5 N–H and O–H groups in total. The molecule has 324 valence electrons. The Bertz CT molecular complexity index is 1590. The van der Waals surface area contributed by atoms with E-state index in [2.05, 4.69) is 26.6 Å². The number of hydrogen-bond donors (Lipinski definition) is 5. The fourth-order valence-corrected chi connectivity index (χ4v) is 6.49. The Kier molecular flexibility index (Phi) is 19.4. The van der Waals surface area contributed by atoms with Gasteiger partial charge in [-0.05, 0) is 76.2 Å². The Morgan fingerprint density at radius 1 is 0.793 bits per heavy atom. The van der Waals surface area contributed by atoms with Crippen LogP contribution in [0.25, 0.3) is 0 Å². The van der Waals surface area contributed by atoms with Crippen molar-refractivity contribution in [3.8, 4) is 0 Å². The first-order valence-electron chi connectivity index (χ1n) is 20.4. The van der Waals surface area contributed by atoms with E-state index in [9.17, 15) is 33.6 Å². The second-order valence-corrected chi connectivity index (χ2v) is 16.7. The number of rotatable bonds is 20. The van der Waals surface area contributed by atoms with Crippen LogP contribution in [0.4, 0.5) is 4.79 Å². The number of nitrogens with one attached hydrogen (secondary N) is 5. The van der Waals surface area contributed by atoms with Crippen LogP contribution in [-0.4, -0.2) is 84.1 Å². The van der Waals surface area contributed by atoms with Gasteiger partial charge >= 0.3 is 18.0 Å². The SMILES string of the molecule is CC[C@H](NC(=O)C(NC(=O)[C@H](CC(C)C)NC(=O)[C@@H](NC(=O)OCc1ccccc1)C(C)C)(C(=O)OC(C)(C)C)C1C=CCCC1)C(=O)N[C@H](C(=O)OC)[C@@H](C)CC. The highest BCUT2D eigenvalue weighted by Gasteiger charge is 2.56. The Labute approximate surface area is 343 Å². The first kappa shape index (κ1) is 49.2. The molecule has 1 aromatic rings. The van der Waals surface area contributed by atoms with Gasteiger partial charge in [0.2, 0.25) is 23.3 Å². The van der Waals surface area contributed by atoms with Crippen molar-refractivity contribution < 1.29 is 47.8 Å². The van der Waals surface area contributed by atoms with E-state index in [4.69, 9.17) is 14.2 Å². The molecule has 15 nitrogen and oxygen atoms in total. The van der Waals surface area contributed by atoms with Crippen LogP contribution in [0, 0.1) is 23.7 Å². The van der Waals surface area contributed by atoms with Crippen molar-refractivity contribution in [1.82, 2.24) is 26.6 Å². The number of ether oxygens (including phenoxy) is 3. The van der Waals surface area contributed by atoms with Crippen molar-refractivity contribution >= 4 is 41.7 Å². The molecule has 58 heavy (non-hydrogen) atoms. The molecule has 0 saturated heterocycles. The molecule has 2 unspecified atom stereocenters. The fourth-order valence-electron chi connectivity index (χ4n) is 6.49. The molecular formula is C43H67N5O10. The quantitative estimate of drug-likeness (QED) is 0.0535. The molecule has 1 aromatic carbocycles. The van der Waals surface area contributed by atoms with Crippen molar-refractivity contribution in [2.24, 2.45) is 23.7 Å². The van der Waals surface area contributed by atoms with Crippen LogP contribution in [-0.2, 0) is 49.6 Å². The van der Waals surface area contributed by atoms with Crippen LogP contribution in [0.5, 0.6) is 0 Å². The van der Waals surface area contributed by atoms with E-state index in [1.165, 1.54) is 7.11 Å². The van der Waals surface area contributed by atoms with E-state index < -0.39 is 88.8 Å². The van der Waals surface area contributed by atoms with Gasteiger partial charge in [-0.15, -0.1) is 0 Å². The second kappa shape index (κ2) is 22.8. The van der Waals surface area contributed by atoms with E-state index in [0.717, 1.165) is 5.56 Å². The third-order valence-electron chi connectivity index (χ3n) is 9.98. The molecule has 7 atom stereocenters. The lowest BCUT2D eigenvalue weighted by Crippen LogP contribution is -2.72. The lowest BCUT2D eigenvalue weighted by atomic mass is 9.76. The Morgan fingerprint density at radius 2 is 1.45 bits per heavy atom. The largest absolute Gasteiger partial charge is 0.467 e. The average Bonchev–Trinajstić information content (AvgIpc) is 3.17. The van der Waals surface area contributed by atoms with Crippen LogP contribution in [0.15, 0.2) is 42.5 Å². The molecule has 0 fully saturated rings. The molecule has 0 saturated carbocycles. The van der Waals surface area contributed by atoms with Crippen molar-refractivity contribution in [2.45, 2.75) is 150 Å². The Morgan fingerprint density at radius 3 is 1.97 bits per heavy atom. The van der Waals surface area contributed by atoms with Crippen LogP contribution in [0.2, 0.25) is 0 Å². The summed E-state index contributed by atoms with van der Waals surface area (Å²) in [6.45, 7) is 17.3. The zero-order valence-electron chi connectivity index (χ0n) is 36.2. The van der Waals surface area contributed by atoms with Gasteiger partial charge in [-0.3, -0.25) is 19.2 Å². The van der Waals surface area contributed by atoms with Crippen molar-refractivity contribution in [3.05, 3.63) is 48.0 Å². The van der Waals surface area contributed by atoms with E-state index in [1.54, 1.807) is 66.7 Å². The van der Waals surface area contributed by atoms with Gasteiger partial charge in [-0.2, -0.15) is 0 Å². The minimum Gasteiger partial charge on any atom is -0.467 e. The maximum atomic E-state index is 14.8. The van der Waals surface area contributed by atoms with Crippen LogP contribution < -0.4 is 26.6 Å². The van der Waals surface area contributed by atoms with Crippen molar-refractivity contribution in [3.63, 3.8) is 0 Å². The summed E-state index contributed by atoms with van der Waals surface area (Å²) in [7, 11) is 1.22. The van der Waals surface area contributed by atoms with E-state index in [-0.39, 0.29) is 31.3 Å². The van der Waals surface area contributed by atoms with E-state index in [1.807, 2.05) is 45.0 Å². The van der Waals surface area contributed by atoms with Gasteiger partial charge in [0.25, 0.3) is 5.91 Å². The summed E-state index contributed by atoms with van der Waals surface area (Å²) in [5.74, 6) is -6.71. The van der Waals surface area contributed by atoms with Gasteiger partial charge in [-0.1, -0.05) is 97.4 Å². The lowest BCUT2D eigenvalue weighted by Gasteiger charge is -2.41. The summed E-state index contributed by atoms with van der Waals surface area (Å²) >= 11 is 0. The number of esters is 2. The number of amides is 5. The van der Waals surface area contributed by atoms with Crippen LogP contribution in [0.1, 0.15) is 113 Å². The van der Waals surface area contributed by atoms with Gasteiger partial charge in [0, 0.05) is 5.92 Å². The van der Waals surface area contributed by atoms with Gasteiger partial charge in [-0.25, -0.2) is 14.4 Å². The lowest BCUT2D eigenvalue weighted by molar-refractivity contribution is -0.171. The molecule has 0 spiro atoms. The summed E-state index contributed by atoms with van der Waals surface area (Å²) in [5, 5.41) is 13.5. The molecule has 1 aliphatic carbocycles. The highest BCUT2D eigenvalue weighted by molar-refractivity contribution is 6.12. The van der Waals surface area contributed by atoms with Crippen molar-refractivity contribution in [2.75, 3.05) is 7.11 Å². The third kappa shape index (κ3) is 14.5. The van der Waals surface area contributed by atoms with Gasteiger partial charge in [0.05, 0.1) is 7.11 Å². The first-order valence-corrected chi connectivity index (χ1v) is 20.4. The summed E-state index contributed by atoms with van der Waals surface area (Å²) in [6.07, 6.45) is 4.92. The van der Waals surface area contributed by atoms with Crippen LogP contribution in [0.3, 0.4) is 0 Å². The number of allylic oxidation sites excluding steroid dienone is 1. The maximum absolute atomic E-state index is 14.8. The predicted molar refractivity (Wildman–Crippen MR) is 219 cm³/mol. The van der Waals surface area contributed by atoms with E-state index in [0.29, 0.717) is 25.7 Å². The number of hydrogen-bond acceptors (Lipinski definition) is 10. The maximum Gasteiger partial charge on any atom is 0.408 e. The Balaban J connectivity index is 2.56. The van der Waals surface area contributed by atoms with Gasteiger partial charge < -0.3 is 40.8 Å². The molecule has 5 amide bonds. The minimum atomic E-state index is -2.40. The molecular weight excluding hydrogens is 746 g/mol. The summed E-state index contributed by atoms with van der Waals surface area (Å²) in [5.41, 5.74) is -2.75. The number of benzene rings is 1. The number of carbonyl (C=O) groups is 7. The first-order chi connectivity index (χ1) is 27.2. The average molecular weight is 814 g/mol. The zero-order valence-corrected chi connectivity index (χ0v) is 36.2. The summed E-state index contributed by atoms with van der Waals surface area (Å²) in [4.78, 5) is 97.0. The van der Waals surface area contributed by atoms with Gasteiger partial charge in [0.15, 0.2) is 0 Å². The molecule has 0 radical (unpaired) electrons. The highest BCUT2D eigenvalue weighted by Crippen LogP contribution is 2.32. The molecule has 0 heterocycles. The predicted octanol–water partition coefficient (Wildman–Crippen LogP) is 4.62. The highest BCUT2D eigenvalue weighted by atomic mass is 16.6. The fraction of sp³-hybridized carbons (Fsp3) is 0.651. The molecule has 0 bridgehead atoms. The summed E-state index contributed by atoms with van der Waals surface area (Å²) in [6, 6.07) is 4.41. The van der Waals surface area contributed by atoms with Crippen molar-refractivity contribution in [1.29, 1.82) is 0 Å². The van der Waals surface area contributed by atoms with Crippen LogP contribution >= 0.6 is 0 Å². The number of carbonyl (C=O) groups excluding carboxylic acids is 7. The number of alkyl carbamates (subject to hydrolysis) is 1. The topological polar surface area (TPSA) is 207 Å². The number of methoxy groups -OCH3 is 1. The minimum absolute atomic E-state index is 0.0216. The molecule has 2 rings (SSSR count). The summed E-state index contributed by atoms with van der Waals surface area (Å²) < 4.78 is 16.1. The molecule has 0 aromatic heterocycles. The van der Waals surface area contributed by atoms with Gasteiger partial charge in [0.1, 0.15) is 36.4 Å². The molecule has 15 heteroatoms. The Hall–Kier alpha value is -4.95. The second-order valence-electron chi connectivity index (χ2n) is 16.7. The molecule has 0 aliphatic heterocycles. The monoisotopic (exact) mass is 813 g/mol.